The molecule has 1 aliphatic rings. The molecule has 1 aromatic rings. The van der Waals surface area contributed by atoms with Crippen LogP contribution in [0.4, 0.5) is 0 Å². The summed E-state index contributed by atoms with van der Waals surface area (Å²) in [7, 11) is 0. The van der Waals surface area contributed by atoms with Gasteiger partial charge in [0.2, 0.25) is 0 Å². The lowest BCUT2D eigenvalue weighted by molar-refractivity contribution is -0.145. The highest BCUT2D eigenvalue weighted by atomic mass is 16.6. The van der Waals surface area contributed by atoms with E-state index in [0.717, 1.165) is 12.0 Å². The molecule has 0 spiro atoms. The van der Waals surface area contributed by atoms with Crippen molar-refractivity contribution in [1.82, 2.24) is 0 Å². The molecule has 0 aromatic heterocycles. The van der Waals surface area contributed by atoms with Crippen LogP contribution < -0.4 is 0 Å². The Labute approximate surface area is 157 Å². The van der Waals surface area contributed by atoms with Crippen molar-refractivity contribution < 1.29 is 19.4 Å². The number of carbonyl (C=O) groups is 1. The zero-order valence-corrected chi connectivity index (χ0v) is 16.4. The van der Waals surface area contributed by atoms with Crippen LogP contribution in [0.3, 0.4) is 0 Å². The molecular weight excluding hydrogens is 328 g/mol. The summed E-state index contributed by atoms with van der Waals surface area (Å²) in [6.45, 7) is 9.45. The second-order valence-corrected chi connectivity index (χ2v) is 7.83. The standard InChI is InChI=1S/C22H32O4/c1-15(2)19(16(3)4)11-10-18-12-21(26-22(18)24)20(23)14-25-13-17-8-6-5-7-9-17/h5-10,15-16,19-21,23H,11-14H2,1-4H3/b18-10-/t20-,21-/m0/s1. The van der Waals surface area contributed by atoms with Gasteiger partial charge in [0.1, 0.15) is 12.2 Å². The number of benzene rings is 1. The Hall–Kier alpha value is -1.65. The fourth-order valence-corrected chi connectivity index (χ4v) is 3.51. The van der Waals surface area contributed by atoms with Gasteiger partial charge in [0.25, 0.3) is 0 Å². The first-order chi connectivity index (χ1) is 12.4. The van der Waals surface area contributed by atoms with Crippen molar-refractivity contribution in [1.29, 1.82) is 0 Å². The Morgan fingerprint density at radius 1 is 1.19 bits per heavy atom. The predicted octanol–water partition coefficient (Wildman–Crippen LogP) is 4.12. The molecule has 2 atom stereocenters. The highest BCUT2D eigenvalue weighted by Crippen LogP contribution is 2.28. The maximum Gasteiger partial charge on any atom is 0.334 e. The average molecular weight is 360 g/mol. The van der Waals surface area contributed by atoms with Crippen LogP contribution in [0.5, 0.6) is 0 Å². The molecule has 4 heteroatoms. The first-order valence-corrected chi connectivity index (χ1v) is 9.58. The summed E-state index contributed by atoms with van der Waals surface area (Å²) in [5.41, 5.74) is 1.74. The minimum Gasteiger partial charge on any atom is -0.456 e. The van der Waals surface area contributed by atoms with Crippen molar-refractivity contribution >= 4 is 5.97 Å². The van der Waals surface area contributed by atoms with E-state index in [4.69, 9.17) is 9.47 Å². The van der Waals surface area contributed by atoms with E-state index >= 15 is 0 Å². The van der Waals surface area contributed by atoms with Crippen LogP contribution in [0.1, 0.15) is 46.1 Å². The summed E-state index contributed by atoms with van der Waals surface area (Å²) in [6, 6.07) is 9.80. The monoisotopic (exact) mass is 360 g/mol. The normalized spacial score (nSPS) is 20.4. The Balaban J connectivity index is 1.82. The van der Waals surface area contributed by atoms with E-state index in [2.05, 4.69) is 27.7 Å². The van der Waals surface area contributed by atoms with E-state index in [9.17, 15) is 9.90 Å². The average Bonchev–Trinajstić information content (AvgIpc) is 2.96. The number of allylic oxidation sites excluding steroid dienone is 1. The van der Waals surface area contributed by atoms with Crippen LogP contribution in [0.25, 0.3) is 0 Å². The van der Waals surface area contributed by atoms with Crippen molar-refractivity contribution in [3.05, 3.63) is 47.5 Å². The summed E-state index contributed by atoms with van der Waals surface area (Å²) in [5.74, 6) is 1.37. The van der Waals surface area contributed by atoms with Crippen molar-refractivity contribution in [3.63, 3.8) is 0 Å². The second-order valence-electron chi connectivity index (χ2n) is 7.83. The van der Waals surface area contributed by atoms with Crippen LogP contribution in [0.2, 0.25) is 0 Å². The molecule has 0 radical (unpaired) electrons. The molecule has 1 N–H and O–H groups in total. The lowest BCUT2D eigenvalue weighted by Gasteiger charge is -2.23. The number of cyclic esters (lactones) is 1. The third-order valence-electron chi connectivity index (χ3n) is 5.12. The summed E-state index contributed by atoms with van der Waals surface area (Å²) < 4.78 is 10.9. The molecule has 0 unspecified atom stereocenters. The summed E-state index contributed by atoms with van der Waals surface area (Å²) in [4.78, 5) is 12.1. The highest BCUT2D eigenvalue weighted by molar-refractivity contribution is 5.90. The van der Waals surface area contributed by atoms with Crippen LogP contribution in [0, 0.1) is 17.8 Å². The van der Waals surface area contributed by atoms with E-state index in [-0.39, 0.29) is 12.6 Å². The Bertz CT molecular complexity index is 583. The molecule has 1 aliphatic heterocycles. The maximum atomic E-state index is 12.1. The van der Waals surface area contributed by atoms with E-state index in [0.29, 0.717) is 36.4 Å². The second kappa shape index (κ2) is 9.89. The van der Waals surface area contributed by atoms with Gasteiger partial charge in [0.15, 0.2) is 0 Å². The number of rotatable bonds is 9. The molecule has 1 heterocycles. The van der Waals surface area contributed by atoms with Gasteiger partial charge in [-0.3, -0.25) is 0 Å². The predicted molar refractivity (Wildman–Crippen MR) is 102 cm³/mol. The molecule has 0 bridgehead atoms. The van der Waals surface area contributed by atoms with Gasteiger partial charge in [0.05, 0.1) is 13.2 Å². The third-order valence-corrected chi connectivity index (χ3v) is 5.12. The molecule has 0 saturated carbocycles. The Morgan fingerprint density at radius 3 is 2.46 bits per heavy atom. The Kier molecular flexibility index (Phi) is 7.85. The maximum absolute atomic E-state index is 12.1. The first-order valence-electron chi connectivity index (χ1n) is 9.58. The van der Waals surface area contributed by atoms with Crippen molar-refractivity contribution in [3.8, 4) is 0 Å². The molecule has 1 fully saturated rings. The molecule has 26 heavy (non-hydrogen) atoms. The van der Waals surface area contributed by atoms with Crippen molar-refractivity contribution in [2.45, 2.75) is 59.4 Å². The number of hydrogen-bond acceptors (Lipinski definition) is 4. The van der Waals surface area contributed by atoms with E-state index in [1.807, 2.05) is 36.4 Å². The van der Waals surface area contributed by atoms with Crippen LogP contribution in [-0.2, 0) is 20.9 Å². The summed E-state index contributed by atoms with van der Waals surface area (Å²) in [5, 5.41) is 10.3. The molecule has 1 aromatic carbocycles. The fourth-order valence-electron chi connectivity index (χ4n) is 3.51. The van der Waals surface area contributed by atoms with Gasteiger partial charge in [-0.1, -0.05) is 64.1 Å². The molecule has 1 saturated heterocycles. The van der Waals surface area contributed by atoms with Gasteiger partial charge in [-0.15, -0.1) is 0 Å². The topological polar surface area (TPSA) is 55.8 Å². The molecule has 2 rings (SSSR count). The number of aliphatic hydroxyl groups is 1. The molecule has 4 nitrogen and oxygen atoms in total. The van der Waals surface area contributed by atoms with Gasteiger partial charge in [-0.25, -0.2) is 4.79 Å². The summed E-state index contributed by atoms with van der Waals surface area (Å²) >= 11 is 0. The number of carbonyl (C=O) groups excluding carboxylic acids is 1. The SMILES string of the molecule is CC(C)C(C/C=C1/C[C@@H]([C@@H](O)COCc2ccccc2)OC1=O)C(C)C. The zero-order chi connectivity index (χ0) is 19.1. The quantitative estimate of drug-likeness (QED) is 0.531. The number of hydrogen-bond donors (Lipinski definition) is 1. The van der Waals surface area contributed by atoms with Gasteiger partial charge in [-0.05, 0) is 29.7 Å². The van der Waals surface area contributed by atoms with Gasteiger partial charge < -0.3 is 14.6 Å². The fraction of sp³-hybridized carbons (Fsp3) is 0.591. The third kappa shape index (κ3) is 5.96. The largest absolute Gasteiger partial charge is 0.456 e. The van der Waals surface area contributed by atoms with Crippen LogP contribution in [-0.4, -0.2) is 29.9 Å². The van der Waals surface area contributed by atoms with Crippen molar-refractivity contribution in [2.24, 2.45) is 17.8 Å². The number of ether oxygens (including phenoxy) is 2. The van der Waals surface area contributed by atoms with Gasteiger partial charge >= 0.3 is 5.97 Å². The lowest BCUT2D eigenvalue weighted by atomic mass is 9.82. The molecular formula is C22H32O4. The van der Waals surface area contributed by atoms with Crippen molar-refractivity contribution in [2.75, 3.05) is 6.61 Å². The molecule has 0 aliphatic carbocycles. The van der Waals surface area contributed by atoms with E-state index in [1.165, 1.54) is 0 Å². The minimum absolute atomic E-state index is 0.154. The minimum atomic E-state index is -0.806. The van der Waals surface area contributed by atoms with Crippen LogP contribution in [0.15, 0.2) is 42.0 Å². The molecule has 0 amide bonds. The van der Waals surface area contributed by atoms with E-state index < -0.39 is 12.2 Å². The summed E-state index contributed by atoms with van der Waals surface area (Å²) in [6.07, 6.45) is 2.01. The van der Waals surface area contributed by atoms with Gasteiger partial charge in [-0.2, -0.15) is 0 Å². The number of esters is 1. The van der Waals surface area contributed by atoms with Gasteiger partial charge in [0, 0.05) is 12.0 Å². The highest BCUT2D eigenvalue weighted by Gasteiger charge is 2.34. The zero-order valence-electron chi connectivity index (χ0n) is 16.4. The lowest BCUT2D eigenvalue weighted by Crippen LogP contribution is -2.30. The smallest absolute Gasteiger partial charge is 0.334 e. The van der Waals surface area contributed by atoms with E-state index in [1.54, 1.807) is 0 Å². The molecule has 144 valence electrons. The number of aliphatic hydroxyl groups excluding tert-OH is 1. The first kappa shape index (κ1) is 20.7. The van der Waals surface area contributed by atoms with Crippen LogP contribution >= 0.6 is 0 Å². The Morgan fingerprint density at radius 2 is 1.85 bits per heavy atom.